The molecule has 1 aromatic carbocycles. The molecule has 0 bridgehead atoms. The molecule has 0 radical (unpaired) electrons. The molecule has 0 aliphatic carbocycles. The van der Waals surface area contributed by atoms with Crippen molar-refractivity contribution >= 4 is 31.9 Å². The second-order valence-electron chi connectivity index (χ2n) is 6.09. The number of nitrogens with one attached hydrogen (secondary N) is 1. The highest BCUT2D eigenvalue weighted by Gasteiger charge is 2.27. The molecule has 0 aromatic heterocycles. The molecule has 1 amide bonds. The van der Waals surface area contributed by atoms with Crippen molar-refractivity contribution in [2.45, 2.75) is 56.9 Å². The second-order valence-corrected chi connectivity index (χ2v) is 8.89. The summed E-state index contributed by atoms with van der Waals surface area (Å²) in [6, 6.07) is 4.76. The molecule has 1 aromatic rings. The van der Waals surface area contributed by atoms with Crippen LogP contribution in [0.15, 0.2) is 27.6 Å². The summed E-state index contributed by atoms with van der Waals surface area (Å²) in [4.78, 5) is 12.7. The molecule has 0 spiro atoms. The van der Waals surface area contributed by atoms with Gasteiger partial charge in [0.15, 0.2) is 0 Å². The molecule has 24 heavy (non-hydrogen) atoms. The maximum Gasteiger partial charge on any atom is 0.252 e. The molecule has 2 rings (SSSR count). The minimum Gasteiger partial charge on any atom is -0.349 e. The van der Waals surface area contributed by atoms with Gasteiger partial charge in [-0.1, -0.05) is 20.3 Å². The Labute approximate surface area is 153 Å². The van der Waals surface area contributed by atoms with Gasteiger partial charge in [-0.25, -0.2) is 8.42 Å². The Morgan fingerprint density at radius 3 is 2.42 bits per heavy atom. The summed E-state index contributed by atoms with van der Waals surface area (Å²) in [5.41, 5.74) is 0.361. The highest BCUT2D eigenvalue weighted by molar-refractivity contribution is 9.10. The predicted octanol–water partition coefficient (Wildman–Crippen LogP) is 3.54. The zero-order chi connectivity index (χ0) is 17.7. The van der Waals surface area contributed by atoms with Gasteiger partial charge in [0.1, 0.15) is 0 Å². The van der Waals surface area contributed by atoms with E-state index in [2.05, 4.69) is 21.2 Å². The van der Waals surface area contributed by atoms with Crippen LogP contribution in [0.2, 0.25) is 0 Å². The van der Waals surface area contributed by atoms with Gasteiger partial charge in [-0.3, -0.25) is 4.79 Å². The lowest BCUT2D eigenvalue weighted by Gasteiger charge is -2.26. The Morgan fingerprint density at radius 2 is 1.83 bits per heavy atom. The lowest BCUT2D eigenvalue weighted by molar-refractivity contribution is 0.0934. The molecule has 134 valence electrons. The standard InChI is InChI=1S/C17H25BrN2O3S/c1-3-13(4-2)19-17(21)15-12-14(8-9-16(15)18)24(22,23)20-10-6-5-7-11-20/h8-9,12-13H,3-7,10-11H2,1-2H3,(H,19,21). The monoisotopic (exact) mass is 416 g/mol. The number of carbonyl (C=O) groups is 1. The van der Waals surface area contributed by atoms with Gasteiger partial charge < -0.3 is 5.32 Å². The van der Waals surface area contributed by atoms with Gasteiger partial charge in [0.2, 0.25) is 10.0 Å². The Balaban J connectivity index is 2.29. The number of benzene rings is 1. The molecular formula is C17H25BrN2O3S. The molecule has 1 aliphatic heterocycles. The number of piperidine rings is 1. The van der Waals surface area contributed by atoms with E-state index < -0.39 is 10.0 Å². The first-order valence-corrected chi connectivity index (χ1v) is 10.7. The number of carbonyl (C=O) groups excluding carboxylic acids is 1. The first-order chi connectivity index (χ1) is 11.4. The van der Waals surface area contributed by atoms with Crippen LogP contribution in [0.3, 0.4) is 0 Å². The Morgan fingerprint density at radius 1 is 1.21 bits per heavy atom. The van der Waals surface area contributed by atoms with Crippen LogP contribution >= 0.6 is 15.9 Å². The average molecular weight is 417 g/mol. The van der Waals surface area contributed by atoms with Crippen molar-refractivity contribution in [2.24, 2.45) is 0 Å². The maximum absolute atomic E-state index is 12.8. The molecule has 1 fully saturated rings. The third-order valence-corrected chi connectivity index (χ3v) is 7.04. The van der Waals surface area contributed by atoms with Crippen molar-refractivity contribution in [1.29, 1.82) is 0 Å². The van der Waals surface area contributed by atoms with E-state index in [1.165, 1.54) is 10.4 Å². The van der Waals surface area contributed by atoms with Gasteiger partial charge >= 0.3 is 0 Å². The van der Waals surface area contributed by atoms with E-state index >= 15 is 0 Å². The lowest BCUT2D eigenvalue weighted by Crippen LogP contribution is -2.36. The Kier molecular flexibility index (Phi) is 6.83. The first kappa shape index (κ1) is 19.4. The number of halogens is 1. The van der Waals surface area contributed by atoms with Crippen LogP contribution in [0, 0.1) is 0 Å². The largest absolute Gasteiger partial charge is 0.349 e. The molecule has 0 atom stereocenters. The summed E-state index contributed by atoms with van der Waals surface area (Å²) >= 11 is 3.36. The van der Waals surface area contributed by atoms with E-state index in [0.717, 1.165) is 32.1 Å². The van der Waals surface area contributed by atoms with Crippen molar-refractivity contribution in [3.8, 4) is 0 Å². The topological polar surface area (TPSA) is 66.5 Å². The molecule has 1 saturated heterocycles. The number of rotatable bonds is 6. The lowest BCUT2D eigenvalue weighted by atomic mass is 10.1. The van der Waals surface area contributed by atoms with E-state index in [-0.39, 0.29) is 16.8 Å². The predicted molar refractivity (Wildman–Crippen MR) is 98.6 cm³/mol. The second kappa shape index (κ2) is 8.45. The zero-order valence-electron chi connectivity index (χ0n) is 14.2. The van der Waals surface area contributed by atoms with Gasteiger partial charge in [-0.15, -0.1) is 0 Å². The molecular weight excluding hydrogens is 392 g/mol. The summed E-state index contributed by atoms with van der Waals surface area (Å²) in [6.45, 7) is 5.13. The van der Waals surface area contributed by atoms with Gasteiger partial charge in [0, 0.05) is 23.6 Å². The van der Waals surface area contributed by atoms with Crippen LogP contribution < -0.4 is 5.32 Å². The normalized spacial score (nSPS) is 16.3. The minimum absolute atomic E-state index is 0.0896. The molecule has 1 heterocycles. The number of sulfonamides is 1. The van der Waals surface area contributed by atoms with E-state index in [9.17, 15) is 13.2 Å². The van der Waals surface area contributed by atoms with E-state index in [1.54, 1.807) is 12.1 Å². The Hall–Kier alpha value is -0.920. The highest BCUT2D eigenvalue weighted by Crippen LogP contribution is 2.25. The summed E-state index contributed by atoms with van der Waals surface area (Å²) in [5, 5.41) is 2.95. The summed E-state index contributed by atoms with van der Waals surface area (Å²) in [5.74, 6) is -0.244. The van der Waals surface area contributed by atoms with Crippen molar-refractivity contribution in [1.82, 2.24) is 9.62 Å². The molecule has 1 aliphatic rings. The van der Waals surface area contributed by atoms with E-state index in [0.29, 0.717) is 23.1 Å². The average Bonchev–Trinajstić information content (AvgIpc) is 2.60. The van der Waals surface area contributed by atoms with Crippen LogP contribution in [-0.2, 0) is 10.0 Å². The summed E-state index contributed by atoms with van der Waals surface area (Å²) < 4.78 is 27.7. The van der Waals surface area contributed by atoms with Crippen molar-refractivity contribution in [3.05, 3.63) is 28.2 Å². The van der Waals surface area contributed by atoms with Gasteiger partial charge in [0.25, 0.3) is 5.91 Å². The van der Waals surface area contributed by atoms with Crippen molar-refractivity contribution in [2.75, 3.05) is 13.1 Å². The van der Waals surface area contributed by atoms with Crippen LogP contribution in [0.25, 0.3) is 0 Å². The van der Waals surface area contributed by atoms with Gasteiger partial charge in [0.05, 0.1) is 10.5 Å². The number of hydrogen-bond acceptors (Lipinski definition) is 3. The number of amides is 1. The Bertz CT molecular complexity index is 681. The van der Waals surface area contributed by atoms with Crippen molar-refractivity contribution < 1.29 is 13.2 Å². The van der Waals surface area contributed by atoms with Crippen LogP contribution in [-0.4, -0.2) is 37.8 Å². The smallest absolute Gasteiger partial charge is 0.252 e. The minimum atomic E-state index is -3.54. The zero-order valence-corrected chi connectivity index (χ0v) is 16.6. The SMILES string of the molecule is CCC(CC)NC(=O)c1cc(S(=O)(=O)N2CCCCC2)ccc1Br. The molecule has 5 nitrogen and oxygen atoms in total. The first-order valence-electron chi connectivity index (χ1n) is 8.50. The van der Waals surface area contributed by atoms with E-state index in [4.69, 9.17) is 0 Å². The van der Waals surface area contributed by atoms with Crippen LogP contribution in [0.4, 0.5) is 0 Å². The molecule has 1 N–H and O–H groups in total. The quantitative estimate of drug-likeness (QED) is 0.770. The number of hydrogen-bond donors (Lipinski definition) is 1. The molecule has 0 unspecified atom stereocenters. The summed E-state index contributed by atoms with van der Waals surface area (Å²) in [7, 11) is -3.54. The number of nitrogens with zero attached hydrogens (tertiary/aromatic N) is 1. The maximum atomic E-state index is 12.8. The van der Waals surface area contributed by atoms with Crippen LogP contribution in [0.5, 0.6) is 0 Å². The highest BCUT2D eigenvalue weighted by atomic mass is 79.9. The fourth-order valence-corrected chi connectivity index (χ4v) is 4.82. The third kappa shape index (κ3) is 4.37. The molecule has 7 heteroatoms. The molecule has 0 saturated carbocycles. The van der Waals surface area contributed by atoms with Crippen LogP contribution in [0.1, 0.15) is 56.3 Å². The van der Waals surface area contributed by atoms with Crippen molar-refractivity contribution in [3.63, 3.8) is 0 Å². The van der Waals surface area contributed by atoms with Gasteiger partial charge in [-0.05, 0) is 59.8 Å². The summed E-state index contributed by atoms with van der Waals surface area (Å²) in [6.07, 6.45) is 4.52. The fourth-order valence-electron chi connectivity index (χ4n) is 2.85. The van der Waals surface area contributed by atoms with Gasteiger partial charge in [-0.2, -0.15) is 4.31 Å². The van der Waals surface area contributed by atoms with E-state index in [1.807, 2.05) is 13.8 Å². The third-order valence-electron chi connectivity index (χ3n) is 4.46. The fraction of sp³-hybridized carbons (Fsp3) is 0.588.